The quantitative estimate of drug-likeness (QED) is 0.765. The maximum Gasteiger partial charge on any atom is 0.325 e. The van der Waals surface area contributed by atoms with E-state index in [1.165, 1.54) is 22.7 Å². The van der Waals surface area contributed by atoms with Crippen LogP contribution in [-0.2, 0) is 0 Å². The number of anilines is 1. The fraction of sp³-hybridized carbons (Fsp3) is 0.118. The van der Waals surface area contributed by atoms with E-state index in [1.807, 2.05) is 12.1 Å². The first-order valence-corrected chi connectivity index (χ1v) is 7.50. The van der Waals surface area contributed by atoms with Crippen LogP contribution in [0, 0.1) is 0 Å². The fourth-order valence-electron chi connectivity index (χ4n) is 2.38. The molecule has 25 heavy (non-hydrogen) atoms. The van der Waals surface area contributed by atoms with E-state index in [0.717, 1.165) is 10.9 Å². The van der Waals surface area contributed by atoms with Crippen molar-refractivity contribution in [2.24, 2.45) is 5.73 Å². The van der Waals surface area contributed by atoms with Gasteiger partial charge >= 0.3 is 12.1 Å². The van der Waals surface area contributed by atoms with Crippen molar-refractivity contribution in [1.29, 1.82) is 0 Å². The molecule has 3 aromatic rings. The van der Waals surface area contributed by atoms with Gasteiger partial charge in [-0.2, -0.15) is 0 Å². The lowest BCUT2D eigenvalue weighted by atomic mass is 10.2. The van der Waals surface area contributed by atoms with Crippen LogP contribution in [0.25, 0.3) is 10.9 Å². The van der Waals surface area contributed by atoms with Gasteiger partial charge in [0.1, 0.15) is 17.3 Å². The van der Waals surface area contributed by atoms with Gasteiger partial charge in [-0.25, -0.2) is 14.6 Å². The van der Waals surface area contributed by atoms with E-state index >= 15 is 0 Å². The Hall–Kier alpha value is -3.55. The number of nitrogens with zero attached hydrogens (tertiary/aromatic N) is 3. The highest BCUT2D eigenvalue weighted by molar-refractivity contribution is 5.92. The lowest BCUT2D eigenvalue weighted by Gasteiger charge is -2.14. The highest BCUT2D eigenvalue weighted by Gasteiger charge is 2.11. The number of carbonyl (C=O) groups excluding carboxylic acids is 2. The summed E-state index contributed by atoms with van der Waals surface area (Å²) in [6.45, 7) is 0. The third kappa shape index (κ3) is 3.23. The van der Waals surface area contributed by atoms with Gasteiger partial charge < -0.3 is 15.8 Å². The molecular weight excluding hydrogens is 322 g/mol. The summed E-state index contributed by atoms with van der Waals surface area (Å²) in [6.07, 6.45) is 3.23. The predicted molar refractivity (Wildman–Crippen MR) is 94.1 cm³/mol. The Balaban J connectivity index is 1.87. The Kier molecular flexibility index (Phi) is 4.25. The van der Waals surface area contributed by atoms with Gasteiger partial charge in [0.25, 0.3) is 0 Å². The molecule has 0 aliphatic rings. The number of nitrogens with one attached hydrogen (secondary N) is 1. The molecule has 2 heterocycles. The van der Waals surface area contributed by atoms with Gasteiger partial charge in [-0.1, -0.05) is 0 Å². The summed E-state index contributed by atoms with van der Waals surface area (Å²) < 4.78 is 7.34. The summed E-state index contributed by atoms with van der Waals surface area (Å²) in [5.74, 6) is 1.50. The largest absolute Gasteiger partial charge is 0.457 e. The van der Waals surface area contributed by atoms with Gasteiger partial charge in [0.15, 0.2) is 0 Å². The molecule has 0 fully saturated rings. The number of aromatic nitrogens is 2. The van der Waals surface area contributed by atoms with Crippen molar-refractivity contribution < 1.29 is 14.3 Å². The second kappa shape index (κ2) is 6.52. The van der Waals surface area contributed by atoms with E-state index in [1.54, 1.807) is 37.5 Å². The minimum atomic E-state index is -0.610. The number of hydrogen-bond donors (Lipinski definition) is 2. The Bertz CT molecular complexity index is 950. The van der Waals surface area contributed by atoms with Gasteiger partial charge in [0, 0.05) is 37.9 Å². The highest BCUT2D eigenvalue weighted by atomic mass is 16.5. The Morgan fingerprint density at radius 2 is 1.96 bits per heavy atom. The first-order valence-electron chi connectivity index (χ1n) is 7.50. The van der Waals surface area contributed by atoms with Crippen molar-refractivity contribution in [3.05, 3.63) is 48.8 Å². The topological polar surface area (TPSA) is 102 Å². The van der Waals surface area contributed by atoms with E-state index in [9.17, 15) is 9.59 Å². The third-order valence-corrected chi connectivity index (χ3v) is 3.72. The van der Waals surface area contributed by atoms with Gasteiger partial charge in [-0.3, -0.25) is 9.47 Å². The third-order valence-electron chi connectivity index (χ3n) is 3.72. The minimum absolute atomic E-state index is 0.211. The van der Waals surface area contributed by atoms with Crippen LogP contribution < -0.4 is 20.7 Å². The zero-order valence-electron chi connectivity index (χ0n) is 13.8. The van der Waals surface area contributed by atoms with Crippen molar-refractivity contribution >= 4 is 28.8 Å². The maximum atomic E-state index is 11.8. The predicted octanol–water partition coefficient (Wildman–Crippen LogP) is 2.53. The van der Waals surface area contributed by atoms with Crippen molar-refractivity contribution in [3.63, 3.8) is 0 Å². The van der Waals surface area contributed by atoms with Crippen LogP contribution in [0.15, 0.2) is 48.8 Å². The lowest BCUT2D eigenvalue weighted by Crippen LogP contribution is -2.32. The highest BCUT2D eigenvalue weighted by Crippen LogP contribution is 2.27. The molecule has 0 unspecified atom stereocenters. The van der Waals surface area contributed by atoms with Crippen molar-refractivity contribution in [2.75, 3.05) is 19.0 Å². The number of carbonyl (C=O) groups is 2. The Morgan fingerprint density at radius 3 is 2.68 bits per heavy atom. The van der Waals surface area contributed by atoms with Gasteiger partial charge in [0.2, 0.25) is 0 Å². The summed E-state index contributed by atoms with van der Waals surface area (Å²) in [7, 11) is 3.11. The summed E-state index contributed by atoms with van der Waals surface area (Å²) >= 11 is 0. The maximum absolute atomic E-state index is 11.8. The van der Waals surface area contributed by atoms with Crippen molar-refractivity contribution in [2.45, 2.75) is 0 Å². The van der Waals surface area contributed by atoms with Crippen molar-refractivity contribution in [1.82, 2.24) is 14.9 Å². The molecule has 0 saturated carbocycles. The Morgan fingerprint density at radius 1 is 1.20 bits per heavy atom. The van der Waals surface area contributed by atoms with Gasteiger partial charge in [-0.15, -0.1) is 0 Å². The van der Waals surface area contributed by atoms with Gasteiger partial charge in [0.05, 0.1) is 5.52 Å². The molecule has 3 rings (SSSR count). The van der Waals surface area contributed by atoms with Crippen LogP contribution in [0.4, 0.5) is 15.4 Å². The molecule has 1 aromatic carbocycles. The normalized spacial score (nSPS) is 10.5. The number of rotatable bonds is 3. The second-order valence-corrected chi connectivity index (χ2v) is 5.31. The molecule has 8 nitrogen and oxygen atoms in total. The first kappa shape index (κ1) is 16.3. The van der Waals surface area contributed by atoms with E-state index in [0.29, 0.717) is 17.3 Å². The van der Waals surface area contributed by atoms with E-state index in [-0.39, 0.29) is 6.03 Å². The van der Waals surface area contributed by atoms with Crippen LogP contribution in [0.3, 0.4) is 0 Å². The van der Waals surface area contributed by atoms with Crippen molar-refractivity contribution in [3.8, 4) is 11.5 Å². The molecule has 0 radical (unpaired) electrons. The summed E-state index contributed by atoms with van der Waals surface area (Å²) in [5.41, 5.74) is 6.02. The molecule has 0 bridgehead atoms. The standard InChI is InChI=1S/C17H17N5O3/c1-19-17(24)22-8-6-11-9-12(3-4-14(11)22)25-13-5-7-20-15(10-13)21(2)16(18)23/h3-10H,1-2H3,(H2,18,23)(H,19,24). The fourth-order valence-corrected chi connectivity index (χ4v) is 2.38. The number of urea groups is 1. The molecule has 8 heteroatoms. The zero-order valence-corrected chi connectivity index (χ0v) is 13.8. The molecule has 0 saturated heterocycles. The average molecular weight is 339 g/mol. The molecule has 3 N–H and O–H groups in total. The molecule has 0 spiro atoms. The smallest absolute Gasteiger partial charge is 0.325 e. The lowest BCUT2D eigenvalue weighted by molar-refractivity contribution is 0.245. The number of pyridine rings is 1. The van der Waals surface area contributed by atoms with Crippen LogP contribution >= 0.6 is 0 Å². The summed E-state index contributed by atoms with van der Waals surface area (Å²) in [4.78, 5) is 28.3. The van der Waals surface area contributed by atoms with Crippen LogP contribution in [0.2, 0.25) is 0 Å². The number of benzene rings is 1. The van der Waals surface area contributed by atoms with E-state index < -0.39 is 6.03 Å². The zero-order chi connectivity index (χ0) is 18.0. The number of ether oxygens (including phenoxy) is 1. The van der Waals surface area contributed by atoms with Gasteiger partial charge in [-0.05, 0) is 30.3 Å². The number of primary amides is 1. The number of amides is 3. The molecule has 0 atom stereocenters. The second-order valence-electron chi connectivity index (χ2n) is 5.31. The summed E-state index contributed by atoms with van der Waals surface area (Å²) in [6, 6.07) is 9.70. The molecular formula is C17H17N5O3. The first-order chi connectivity index (χ1) is 12.0. The van der Waals surface area contributed by atoms with Crippen LogP contribution in [-0.4, -0.2) is 35.7 Å². The molecule has 0 aliphatic heterocycles. The monoisotopic (exact) mass is 339 g/mol. The molecule has 0 aliphatic carbocycles. The number of hydrogen-bond acceptors (Lipinski definition) is 4. The SMILES string of the molecule is CNC(=O)n1ccc2cc(Oc3ccnc(N(C)C(N)=O)c3)ccc21. The molecule has 128 valence electrons. The van der Waals surface area contributed by atoms with E-state index in [2.05, 4.69) is 10.3 Å². The number of fused-ring (bicyclic) bond motifs is 1. The average Bonchev–Trinajstić information content (AvgIpc) is 3.03. The minimum Gasteiger partial charge on any atom is -0.457 e. The van der Waals surface area contributed by atoms with Crippen LogP contribution in [0.5, 0.6) is 11.5 Å². The van der Waals surface area contributed by atoms with Crippen LogP contribution in [0.1, 0.15) is 0 Å². The molecule has 2 aromatic heterocycles. The molecule has 3 amide bonds. The van der Waals surface area contributed by atoms with E-state index in [4.69, 9.17) is 10.5 Å². The summed E-state index contributed by atoms with van der Waals surface area (Å²) in [5, 5.41) is 3.45. The Labute approximate surface area is 143 Å². The number of nitrogens with two attached hydrogens (primary N) is 1.